The predicted molar refractivity (Wildman–Crippen MR) is 91.1 cm³/mol. The topological polar surface area (TPSA) is 66.8 Å². The lowest BCUT2D eigenvalue weighted by Crippen LogP contribution is -2.42. The molecule has 2 heterocycles. The Labute approximate surface area is 144 Å². The first-order valence-electron chi connectivity index (χ1n) is 7.83. The number of carbonyl (C=O) groups is 2. The van der Waals surface area contributed by atoms with Gasteiger partial charge in [-0.3, -0.25) is 4.79 Å². The second-order valence-corrected chi connectivity index (χ2v) is 6.93. The minimum Gasteiger partial charge on any atom is -0.480 e. The summed E-state index contributed by atoms with van der Waals surface area (Å²) in [5.41, 5.74) is 1.95. The van der Waals surface area contributed by atoms with Gasteiger partial charge in [-0.05, 0) is 24.1 Å². The molecule has 5 nitrogen and oxygen atoms in total. The molecule has 2 aromatic rings. The third kappa shape index (κ3) is 3.49. The summed E-state index contributed by atoms with van der Waals surface area (Å²) in [4.78, 5) is 27.5. The second-order valence-electron chi connectivity index (χ2n) is 5.79. The molecule has 6 heteroatoms. The van der Waals surface area contributed by atoms with Gasteiger partial charge >= 0.3 is 5.97 Å². The zero-order chi connectivity index (χ0) is 17.1. The molecule has 3 rings (SSSR count). The zero-order valence-electron chi connectivity index (χ0n) is 13.4. The molecule has 0 spiro atoms. The summed E-state index contributed by atoms with van der Waals surface area (Å²) in [6.07, 6.45) is 0.806. The summed E-state index contributed by atoms with van der Waals surface area (Å²) < 4.78 is 5.42. The Balaban J connectivity index is 1.88. The van der Waals surface area contributed by atoms with Gasteiger partial charge in [-0.15, -0.1) is 11.3 Å². The minimum absolute atomic E-state index is 0.242. The average molecular weight is 345 g/mol. The summed E-state index contributed by atoms with van der Waals surface area (Å²) in [6.45, 7) is 3.00. The highest BCUT2D eigenvalue weighted by molar-refractivity contribution is 7.14. The van der Waals surface area contributed by atoms with E-state index in [0.717, 1.165) is 22.4 Å². The molecule has 1 aromatic heterocycles. The van der Waals surface area contributed by atoms with E-state index < -0.39 is 12.0 Å². The van der Waals surface area contributed by atoms with Gasteiger partial charge in [0, 0.05) is 17.8 Å². The van der Waals surface area contributed by atoms with Gasteiger partial charge in [0.1, 0.15) is 6.04 Å². The first-order chi connectivity index (χ1) is 11.6. The monoisotopic (exact) mass is 345 g/mol. The van der Waals surface area contributed by atoms with Crippen molar-refractivity contribution in [3.8, 4) is 0 Å². The number of thiophene rings is 1. The molecule has 1 amide bonds. The number of hydrogen-bond acceptors (Lipinski definition) is 4. The highest BCUT2D eigenvalue weighted by atomic mass is 32.1. The van der Waals surface area contributed by atoms with Crippen molar-refractivity contribution < 1.29 is 19.4 Å². The van der Waals surface area contributed by atoms with Crippen molar-refractivity contribution in [2.75, 3.05) is 6.61 Å². The van der Waals surface area contributed by atoms with Crippen LogP contribution in [0.4, 0.5) is 0 Å². The van der Waals surface area contributed by atoms with Crippen LogP contribution < -0.4 is 0 Å². The molecule has 1 aromatic carbocycles. The first-order valence-corrected chi connectivity index (χ1v) is 8.65. The van der Waals surface area contributed by atoms with E-state index in [4.69, 9.17) is 4.74 Å². The van der Waals surface area contributed by atoms with Gasteiger partial charge in [-0.25, -0.2) is 4.79 Å². The van der Waals surface area contributed by atoms with E-state index in [-0.39, 0.29) is 12.5 Å². The molecule has 1 atom stereocenters. The number of nitrogens with zero attached hydrogens (tertiary/aromatic N) is 1. The number of amides is 1. The lowest BCUT2D eigenvalue weighted by Gasteiger charge is -2.26. The van der Waals surface area contributed by atoms with Crippen molar-refractivity contribution in [1.29, 1.82) is 0 Å². The lowest BCUT2D eigenvalue weighted by atomic mass is 10.1. The molecule has 0 bridgehead atoms. The van der Waals surface area contributed by atoms with Crippen LogP contribution in [0.3, 0.4) is 0 Å². The van der Waals surface area contributed by atoms with Crippen LogP contribution in [0.1, 0.15) is 32.6 Å². The normalized spacial score (nSPS) is 14.7. The zero-order valence-corrected chi connectivity index (χ0v) is 14.2. The number of carbonyl (C=O) groups excluding carboxylic acids is 1. The number of rotatable bonds is 5. The van der Waals surface area contributed by atoms with Gasteiger partial charge in [0.05, 0.1) is 18.1 Å². The van der Waals surface area contributed by atoms with E-state index in [2.05, 4.69) is 0 Å². The second kappa shape index (κ2) is 7.15. The van der Waals surface area contributed by atoms with E-state index >= 15 is 0 Å². The molecule has 1 aliphatic rings. The Morgan fingerprint density at radius 3 is 2.75 bits per heavy atom. The molecule has 126 valence electrons. The number of fused-ring (bicyclic) bond motifs is 1. The standard InChI is InChI=1S/C18H19NO4S/c1-12(18(21)22)19(10-13-5-3-2-4-6-13)17(20)16-9-14-11-23-8-7-15(14)24-16/h2-6,9,12H,7-8,10-11H2,1H3,(H,21,22). The van der Waals surface area contributed by atoms with E-state index in [9.17, 15) is 14.7 Å². The first kappa shape index (κ1) is 16.7. The smallest absolute Gasteiger partial charge is 0.326 e. The maximum Gasteiger partial charge on any atom is 0.326 e. The Bertz CT molecular complexity index is 717. The fourth-order valence-electron chi connectivity index (χ4n) is 2.69. The van der Waals surface area contributed by atoms with Crippen molar-refractivity contribution in [1.82, 2.24) is 4.90 Å². The molecular weight excluding hydrogens is 326 g/mol. The third-order valence-corrected chi connectivity index (χ3v) is 5.35. The number of aliphatic carboxylic acids is 1. The average Bonchev–Trinajstić information content (AvgIpc) is 3.03. The van der Waals surface area contributed by atoms with E-state index in [1.165, 1.54) is 16.2 Å². The summed E-state index contributed by atoms with van der Waals surface area (Å²) in [5, 5.41) is 9.38. The van der Waals surface area contributed by atoms with Gasteiger partial charge in [-0.1, -0.05) is 30.3 Å². The summed E-state index contributed by atoms with van der Waals surface area (Å²) in [6, 6.07) is 10.4. The maximum atomic E-state index is 12.9. The minimum atomic E-state index is -1.01. The van der Waals surface area contributed by atoms with Gasteiger partial charge in [0.2, 0.25) is 0 Å². The van der Waals surface area contributed by atoms with Crippen molar-refractivity contribution in [3.63, 3.8) is 0 Å². The van der Waals surface area contributed by atoms with Crippen molar-refractivity contribution >= 4 is 23.2 Å². The van der Waals surface area contributed by atoms with E-state index in [1.54, 1.807) is 6.92 Å². The van der Waals surface area contributed by atoms with E-state index in [0.29, 0.717) is 18.1 Å². The Hall–Kier alpha value is -2.18. The van der Waals surface area contributed by atoms with Crippen LogP contribution >= 0.6 is 11.3 Å². The summed E-state index contributed by atoms with van der Waals surface area (Å²) in [5.74, 6) is -1.25. The fraction of sp³-hybridized carbons (Fsp3) is 0.333. The molecule has 0 fully saturated rings. The van der Waals surface area contributed by atoms with Gasteiger partial charge in [0.15, 0.2) is 0 Å². The number of carboxylic acids is 1. The van der Waals surface area contributed by atoms with Crippen LogP contribution in [-0.4, -0.2) is 34.5 Å². The number of ether oxygens (including phenoxy) is 1. The van der Waals surface area contributed by atoms with Crippen LogP contribution in [0.25, 0.3) is 0 Å². The number of carboxylic acid groups (broad SMARTS) is 1. The van der Waals surface area contributed by atoms with Crippen LogP contribution in [-0.2, 0) is 29.1 Å². The van der Waals surface area contributed by atoms with Crippen LogP contribution in [0.2, 0.25) is 0 Å². The molecule has 1 aliphatic heterocycles. The molecule has 1 N–H and O–H groups in total. The molecule has 0 saturated heterocycles. The predicted octanol–water partition coefficient (Wildman–Crippen LogP) is 2.94. The number of benzene rings is 1. The van der Waals surface area contributed by atoms with Crippen LogP contribution in [0.15, 0.2) is 36.4 Å². The van der Waals surface area contributed by atoms with Crippen molar-refractivity contribution in [3.05, 3.63) is 57.3 Å². The Morgan fingerprint density at radius 1 is 1.33 bits per heavy atom. The van der Waals surface area contributed by atoms with Gasteiger partial charge in [0.25, 0.3) is 5.91 Å². The maximum absolute atomic E-state index is 12.9. The highest BCUT2D eigenvalue weighted by Crippen LogP contribution is 2.28. The SMILES string of the molecule is CC(C(=O)O)N(Cc1ccccc1)C(=O)c1cc2c(s1)CCOC2. The molecule has 24 heavy (non-hydrogen) atoms. The summed E-state index contributed by atoms with van der Waals surface area (Å²) in [7, 11) is 0. The molecule has 1 unspecified atom stereocenters. The Kier molecular flexibility index (Phi) is 4.97. The third-order valence-electron chi connectivity index (χ3n) is 4.12. The molecule has 0 saturated carbocycles. The van der Waals surface area contributed by atoms with Crippen molar-refractivity contribution in [2.45, 2.75) is 32.5 Å². The van der Waals surface area contributed by atoms with Crippen molar-refractivity contribution in [2.24, 2.45) is 0 Å². The largest absolute Gasteiger partial charge is 0.480 e. The molecular formula is C18H19NO4S. The fourth-order valence-corrected chi connectivity index (χ4v) is 3.80. The molecule has 0 aliphatic carbocycles. The van der Waals surface area contributed by atoms with Gasteiger partial charge in [-0.2, -0.15) is 0 Å². The summed E-state index contributed by atoms with van der Waals surface area (Å²) >= 11 is 1.45. The Morgan fingerprint density at radius 2 is 2.08 bits per heavy atom. The van der Waals surface area contributed by atoms with E-state index in [1.807, 2.05) is 36.4 Å². The van der Waals surface area contributed by atoms with Gasteiger partial charge < -0.3 is 14.7 Å². The van der Waals surface area contributed by atoms with Crippen LogP contribution in [0, 0.1) is 0 Å². The van der Waals surface area contributed by atoms with Crippen LogP contribution in [0.5, 0.6) is 0 Å². The number of hydrogen-bond donors (Lipinski definition) is 1. The quantitative estimate of drug-likeness (QED) is 0.905. The molecule has 0 radical (unpaired) electrons. The highest BCUT2D eigenvalue weighted by Gasteiger charge is 2.28. The lowest BCUT2D eigenvalue weighted by molar-refractivity contribution is -0.141.